The summed E-state index contributed by atoms with van der Waals surface area (Å²) in [5, 5.41) is 7.47. The number of methoxy groups -OCH3 is 1. The number of aromatic nitrogens is 1. The van der Waals surface area contributed by atoms with Crippen molar-refractivity contribution in [3.63, 3.8) is 0 Å². The molecule has 1 N–H and O–H groups in total. The van der Waals surface area contributed by atoms with Gasteiger partial charge >= 0.3 is 0 Å². The van der Waals surface area contributed by atoms with Crippen LogP contribution in [0, 0.1) is 0 Å². The number of hydrogen-bond acceptors (Lipinski definition) is 5. The highest BCUT2D eigenvalue weighted by atomic mass is 35.5. The average Bonchev–Trinajstić information content (AvgIpc) is 2.99. The maximum absolute atomic E-state index is 6.29. The molecule has 21 heavy (non-hydrogen) atoms. The zero-order chi connectivity index (χ0) is 15.1. The third kappa shape index (κ3) is 4.37. The van der Waals surface area contributed by atoms with Crippen molar-refractivity contribution in [1.82, 2.24) is 10.5 Å². The largest absolute Gasteiger partial charge is 0.493 e. The van der Waals surface area contributed by atoms with Crippen LogP contribution in [-0.2, 0) is 13.2 Å². The molecule has 0 aliphatic carbocycles. The second kappa shape index (κ2) is 7.90. The number of nitrogens with one attached hydrogen (secondary N) is 1. The molecule has 1 aromatic carbocycles. The molecular formula is C15H19ClN2O3. The number of halogens is 1. The summed E-state index contributed by atoms with van der Waals surface area (Å²) >= 11 is 6.29. The highest BCUT2D eigenvalue weighted by Crippen LogP contribution is 2.36. The summed E-state index contributed by atoms with van der Waals surface area (Å²) in [6.07, 6.45) is 2.66. The molecule has 0 amide bonds. The molecule has 6 heteroatoms. The van der Waals surface area contributed by atoms with E-state index in [0.717, 1.165) is 25.1 Å². The van der Waals surface area contributed by atoms with Gasteiger partial charge in [0.2, 0.25) is 0 Å². The van der Waals surface area contributed by atoms with Crippen molar-refractivity contribution in [3.05, 3.63) is 40.7 Å². The summed E-state index contributed by atoms with van der Waals surface area (Å²) in [4.78, 5) is 0. The van der Waals surface area contributed by atoms with E-state index in [4.69, 9.17) is 25.6 Å². The highest BCUT2D eigenvalue weighted by molar-refractivity contribution is 6.32. The zero-order valence-corrected chi connectivity index (χ0v) is 12.9. The Bertz CT molecular complexity index is 558. The fourth-order valence-electron chi connectivity index (χ4n) is 1.88. The summed E-state index contributed by atoms with van der Waals surface area (Å²) in [7, 11) is 1.59. The molecule has 114 valence electrons. The Hall–Kier alpha value is -1.72. The van der Waals surface area contributed by atoms with E-state index in [9.17, 15) is 0 Å². The predicted octanol–water partition coefficient (Wildman–Crippen LogP) is 3.42. The van der Waals surface area contributed by atoms with Gasteiger partial charge in [0.25, 0.3) is 0 Å². The molecule has 0 aliphatic rings. The van der Waals surface area contributed by atoms with Gasteiger partial charge in [-0.15, -0.1) is 0 Å². The van der Waals surface area contributed by atoms with Crippen molar-refractivity contribution >= 4 is 11.6 Å². The lowest BCUT2D eigenvalue weighted by molar-refractivity contribution is 0.239. The topological polar surface area (TPSA) is 56.5 Å². The Morgan fingerprint density at radius 3 is 2.90 bits per heavy atom. The van der Waals surface area contributed by atoms with Gasteiger partial charge in [-0.1, -0.05) is 23.7 Å². The van der Waals surface area contributed by atoms with Crippen LogP contribution in [0.15, 0.2) is 28.9 Å². The lowest BCUT2D eigenvalue weighted by Crippen LogP contribution is -2.14. The third-order valence-corrected chi connectivity index (χ3v) is 3.18. The molecule has 1 aromatic heterocycles. The van der Waals surface area contributed by atoms with Crippen molar-refractivity contribution < 1.29 is 14.0 Å². The van der Waals surface area contributed by atoms with Crippen molar-refractivity contribution in [2.24, 2.45) is 0 Å². The Kier molecular flexibility index (Phi) is 5.90. The van der Waals surface area contributed by atoms with Crippen LogP contribution in [-0.4, -0.2) is 18.8 Å². The summed E-state index contributed by atoms with van der Waals surface area (Å²) in [6, 6.07) is 5.54. The van der Waals surface area contributed by atoms with Gasteiger partial charge < -0.3 is 19.3 Å². The molecule has 0 bridgehead atoms. The van der Waals surface area contributed by atoms with E-state index in [1.165, 1.54) is 0 Å². The Morgan fingerprint density at radius 2 is 2.24 bits per heavy atom. The van der Waals surface area contributed by atoms with Gasteiger partial charge in [0.05, 0.1) is 18.3 Å². The first-order valence-corrected chi connectivity index (χ1v) is 7.22. The SMILES string of the molecule is CCCNCc1cc(Cl)c(OCc2ccno2)c(OC)c1. The smallest absolute Gasteiger partial charge is 0.180 e. The normalized spacial score (nSPS) is 10.6. The molecule has 2 aromatic rings. The first-order chi connectivity index (χ1) is 10.2. The van der Waals surface area contributed by atoms with Gasteiger partial charge in [0, 0.05) is 12.6 Å². The lowest BCUT2D eigenvalue weighted by Gasteiger charge is -2.13. The zero-order valence-electron chi connectivity index (χ0n) is 12.2. The van der Waals surface area contributed by atoms with E-state index in [-0.39, 0.29) is 6.61 Å². The van der Waals surface area contributed by atoms with Crippen molar-refractivity contribution in [3.8, 4) is 11.5 Å². The minimum absolute atomic E-state index is 0.253. The van der Waals surface area contributed by atoms with Crippen molar-refractivity contribution in [1.29, 1.82) is 0 Å². The Morgan fingerprint density at radius 1 is 1.38 bits per heavy atom. The van der Waals surface area contributed by atoms with Crippen LogP contribution in [0.3, 0.4) is 0 Å². The summed E-state index contributed by atoms with van der Waals surface area (Å²) in [5.74, 6) is 1.74. The van der Waals surface area contributed by atoms with Crippen LogP contribution in [0.2, 0.25) is 5.02 Å². The number of hydrogen-bond donors (Lipinski definition) is 1. The van der Waals surface area contributed by atoms with E-state index < -0.39 is 0 Å². The van der Waals surface area contributed by atoms with Gasteiger partial charge in [0.15, 0.2) is 17.3 Å². The van der Waals surface area contributed by atoms with E-state index in [1.54, 1.807) is 19.4 Å². The minimum atomic E-state index is 0.253. The predicted molar refractivity (Wildman–Crippen MR) is 80.8 cm³/mol. The number of rotatable bonds is 8. The second-order valence-electron chi connectivity index (χ2n) is 4.55. The number of nitrogens with zero attached hydrogens (tertiary/aromatic N) is 1. The van der Waals surface area contributed by atoms with Crippen LogP contribution < -0.4 is 14.8 Å². The molecule has 0 saturated carbocycles. The van der Waals surface area contributed by atoms with Gasteiger partial charge in [-0.25, -0.2) is 0 Å². The molecule has 0 atom stereocenters. The summed E-state index contributed by atoms with van der Waals surface area (Å²) in [6.45, 7) is 4.08. The van der Waals surface area contributed by atoms with Crippen LogP contribution in [0.4, 0.5) is 0 Å². The average molecular weight is 311 g/mol. The monoisotopic (exact) mass is 310 g/mol. The maximum Gasteiger partial charge on any atom is 0.180 e. The fourth-order valence-corrected chi connectivity index (χ4v) is 2.17. The van der Waals surface area contributed by atoms with Crippen LogP contribution >= 0.6 is 11.6 Å². The molecule has 2 rings (SSSR count). The molecule has 0 spiro atoms. The van der Waals surface area contributed by atoms with Crippen molar-refractivity contribution in [2.45, 2.75) is 26.5 Å². The van der Waals surface area contributed by atoms with Gasteiger partial charge in [-0.05, 0) is 30.7 Å². The van der Waals surface area contributed by atoms with Gasteiger partial charge in [-0.3, -0.25) is 0 Å². The van der Waals surface area contributed by atoms with Gasteiger partial charge in [0.1, 0.15) is 6.61 Å². The molecular weight excluding hydrogens is 292 g/mol. The first-order valence-electron chi connectivity index (χ1n) is 6.84. The fraction of sp³-hybridized carbons (Fsp3) is 0.400. The molecule has 0 radical (unpaired) electrons. The molecule has 0 aliphatic heterocycles. The Labute approximate surface area is 129 Å². The molecule has 5 nitrogen and oxygen atoms in total. The third-order valence-electron chi connectivity index (χ3n) is 2.90. The number of ether oxygens (including phenoxy) is 2. The van der Waals surface area contributed by atoms with E-state index >= 15 is 0 Å². The summed E-state index contributed by atoms with van der Waals surface area (Å²) in [5.41, 5.74) is 1.05. The lowest BCUT2D eigenvalue weighted by atomic mass is 10.2. The highest BCUT2D eigenvalue weighted by Gasteiger charge is 2.13. The number of benzene rings is 1. The quantitative estimate of drug-likeness (QED) is 0.757. The molecule has 0 saturated heterocycles. The van der Waals surface area contributed by atoms with Crippen LogP contribution in [0.1, 0.15) is 24.7 Å². The maximum atomic E-state index is 6.29. The van der Waals surface area contributed by atoms with E-state index in [2.05, 4.69) is 17.4 Å². The molecule has 0 fully saturated rings. The van der Waals surface area contributed by atoms with E-state index in [1.807, 2.05) is 12.1 Å². The van der Waals surface area contributed by atoms with E-state index in [0.29, 0.717) is 22.3 Å². The van der Waals surface area contributed by atoms with Crippen LogP contribution in [0.5, 0.6) is 11.5 Å². The standard InChI is InChI=1S/C15H19ClN2O3/c1-3-5-17-9-11-7-13(16)15(14(8-11)19-2)20-10-12-4-6-18-21-12/h4,6-8,17H,3,5,9-10H2,1-2H3. The summed E-state index contributed by atoms with van der Waals surface area (Å²) < 4.78 is 16.0. The second-order valence-corrected chi connectivity index (χ2v) is 4.96. The molecule has 1 heterocycles. The minimum Gasteiger partial charge on any atom is -0.493 e. The molecule has 0 unspecified atom stereocenters. The van der Waals surface area contributed by atoms with Gasteiger partial charge in [-0.2, -0.15) is 0 Å². The van der Waals surface area contributed by atoms with Crippen molar-refractivity contribution in [2.75, 3.05) is 13.7 Å². The Balaban J connectivity index is 2.09. The van der Waals surface area contributed by atoms with Crippen LogP contribution in [0.25, 0.3) is 0 Å². The first kappa shape index (κ1) is 15.7.